The smallest absolute Gasteiger partial charge is 0.241 e. The summed E-state index contributed by atoms with van der Waals surface area (Å²) in [7, 11) is 3.50. The highest BCUT2D eigenvalue weighted by atomic mass is 127. The van der Waals surface area contributed by atoms with Crippen LogP contribution in [-0.2, 0) is 11.3 Å². The summed E-state index contributed by atoms with van der Waals surface area (Å²) in [4.78, 5) is 17.9. The average molecular weight is 494 g/mol. The first-order valence-electron chi connectivity index (χ1n) is 8.85. The Morgan fingerprint density at radius 1 is 1.38 bits per heavy atom. The molecular weight excluding hydrogens is 463 g/mol. The van der Waals surface area contributed by atoms with Crippen molar-refractivity contribution in [3.63, 3.8) is 0 Å². The Balaban J connectivity index is 0.00000338. The summed E-state index contributed by atoms with van der Waals surface area (Å²) in [5.74, 6) is 1.66. The number of guanidine groups is 1. The molecular formula is C17H31IN6OS. The minimum atomic E-state index is 0. The van der Waals surface area contributed by atoms with E-state index in [2.05, 4.69) is 37.9 Å². The van der Waals surface area contributed by atoms with Gasteiger partial charge in [-0.25, -0.2) is 4.99 Å². The molecule has 1 fully saturated rings. The van der Waals surface area contributed by atoms with E-state index in [9.17, 15) is 4.79 Å². The molecule has 0 atom stereocenters. The molecule has 0 saturated heterocycles. The zero-order valence-electron chi connectivity index (χ0n) is 15.9. The Morgan fingerprint density at radius 2 is 2.12 bits per heavy atom. The molecule has 2 N–H and O–H groups in total. The predicted molar refractivity (Wildman–Crippen MR) is 119 cm³/mol. The second kappa shape index (κ2) is 12.4. The second-order valence-corrected chi connectivity index (χ2v) is 7.44. The Hall–Kier alpha value is -0.970. The fourth-order valence-corrected chi connectivity index (χ4v) is 3.06. The third-order valence-corrected chi connectivity index (χ3v) is 4.88. The van der Waals surface area contributed by atoms with Crippen LogP contribution >= 0.6 is 35.7 Å². The summed E-state index contributed by atoms with van der Waals surface area (Å²) < 4.78 is 2.08. The number of amides is 1. The van der Waals surface area contributed by atoms with E-state index in [1.165, 1.54) is 25.7 Å². The summed E-state index contributed by atoms with van der Waals surface area (Å²) in [5.41, 5.74) is 0.955. The van der Waals surface area contributed by atoms with Gasteiger partial charge >= 0.3 is 0 Å². The number of rotatable bonds is 8. The van der Waals surface area contributed by atoms with Gasteiger partial charge in [-0.1, -0.05) is 12.8 Å². The molecule has 1 aliphatic carbocycles. The highest BCUT2D eigenvalue weighted by Gasteiger charge is 2.17. The predicted octanol–water partition coefficient (Wildman–Crippen LogP) is 2.10. The SMILES string of the molecule is CSCCNC(=NCc1ccn(C2CCCC2)n1)NCC(=O)N(C)C.I. The van der Waals surface area contributed by atoms with Crippen molar-refractivity contribution in [1.29, 1.82) is 0 Å². The van der Waals surface area contributed by atoms with Gasteiger partial charge in [-0.05, 0) is 25.2 Å². The number of hydrogen-bond donors (Lipinski definition) is 2. The number of aliphatic imine (C=N–C) groups is 1. The number of likely N-dealkylation sites (N-methyl/N-ethyl adjacent to an activating group) is 1. The lowest BCUT2D eigenvalue weighted by Gasteiger charge is -2.14. The normalized spacial score (nSPS) is 14.8. The van der Waals surface area contributed by atoms with Crippen LogP contribution in [0.15, 0.2) is 17.3 Å². The highest BCUT2D eigenvalue weighted by Crippen LogP contribution is 2.28. The lowest BCUT2D eigenvalue weighted by atomic mass is 10.3. The molecule has 1 amide bonds. The first-order chi connectivity index (χ1) is 12.1. The molecule has 1 aromatic rings. The van der Waals surface area contributed by atoms with Crippen LogP contribution in [0.3, 0.4) is 0 Å². The first kappa shape index (κ1) is 23.1. The topological polar surface area (TPSA) is 74.5 Å². The fourth-order valence-electron chi connectivity index (χ4n) is 2.76. The Morgan fingerprint density at radius 3 is 2.77 bits per heavy atom. The zero-order valence-corrected chi connectivity index (χ0v) is 19.0. The molecule has 9 heteroatoms. The lowest BCUT2D eigenvalue weighted by Crippen LogP contribution is -2.43. The van der Waals surface area contributed by atoms with Crippen molar-refractivity contribution in [2.24, 2.45) is 4.99 Å². The standard InChI is InChI=1S/C17H30N6OS.HI/c1-22(2)16(24)13-20-17(18-9-11-25-3)19-12-14-8-10-23(21-14)15-6-4-5-7-15;/h8,10,15H,4-7,9,11-13H2,1-3H3,(H2,18,19,20);1H. The summed E-state index contributed by atoms with van der Waals surface area (Å²) in [6, 6.07) is 2.58. The first-order valence-corrected chi connectivity index (χ1v) is 10.2. The summed E-state index contributed by atoms with van der Waals surface area (Å²) in [6.45, 7) is 1.54. The maximum Gasteiger partial charge on any atom is 0.241 e. The van der Waals surface area contributed by atoms with E-state index in [1.54, 1.807) is 30.8 Å². The van der Waals surface area contributed by atoms with Crippen LogP contribution in [0.5, 0.6) is 0 Å². The van der Waals surface area contributed by atoms with Gasteiger partial charge in [0.1, 0.15) is 0 Å². The maximum atomic E-state index is 11.8. The summed E-state index contributed by atoms with van der Waals surface area (Å²) in [6.07, 6.45) is 9.17. The van der Waals surface area contributed by atoms with Crippen molar-refractivity contribution in [2.45, 2.75) is 38.3 Å². The molecule has 0 bridgehead atoms. The molecule has 1 saturated carbocycles. The van der Waals surface area contributed by atoms with Crippen molar-refractivity contribution in [3.8, 4) is 0 Å². The van der Waals surface area contributed by atoms with Crippen molar-refractivity contribution in [2.75, 3.05) is 39.2 Å². The molecule has 0 aliphatic heterocycles. The molecule has 7 nitrogen and oxygen atoms in total. The quantitative estimate of drug-likeness (QED) is 0.251. The lowest BCUT2D eigenvalue weighted by molar-refractivity contribution is -0.127. The second-order valence-electron chi connectivity index (χ2n) is 6.45. The van der Waals surface area contributed by atoms with Gasteiger partial charge in [-0.2, -0.15) is 16.9 Å². The maximum absolute atomic E-state index is 11.8. The Bertz CT molecular complexity index is 571. The van der Waals surface area contributed by atoms with E-state index < -0.39 is 0 Å². The van der Waals surface area contributed by atoms with Crippen molar-refractivity contribution in [1.82, 2.24) is 25.3 Å². The number of hydrogen-bond acceptors (Lipinski definition) is 4. The number of carbonyl (C=O) groups is 1. The van der Waals surface area contributed by atoms with E-state index in [0.717, 1.165) is 18.0 Å². The number of halogens is 1. The third kappa shape index (κ3) is 7.73. The van der Waals surface area contributed by atoms with E-state index in [4.69, 9.17) is 0 Å². The fraction of sp³-hybridized carbons (Fsp3) is 0.706. The molecule has 0 aromatic carbocycles. The number of nitrogens with one attached hydrogen (secondary N) is 2. The van der Waals surface area contributed by atoms with Crippen LogP contribution in [-0.4, -0.2) is 65.7 Å². The minimum absolute atomic E-state index is 0. The molecule has 26 heavy (non-hydrogen) atoms. The summed E-state index contributed by atoms with van der Waals surface area (Å²) in [5, 5.41) is 11.0. The van der Waals surface area contributed by atoms with Gasteiger partial charge in [0.2, 0.25) is 5.91 Å². The van der Waals surface area contributed by atoms with Crippen LogP contribution in [0.4, 0.5) is 0 Å². The van der Waals surface area contributed by atoms with Crippen molar-refractivity contribution >= 4 is 47.6 Å². The molecule has 2 rings (SSSR count). The van der Waals surface area contributed by atoms with Crippen LogP contribution in [0, 0.1) is 0 Å². The van der Waals surface area contributed by atoms with Gasteiger partial charge in [-0.3, -0.25) is 9.48 Å². The van der Waals surface area contributed by atoms with Gasteiger partial charge in [-0.15, -0.1) is 24.0 Å². The van der Waals surface area contributed by atoms with E-state index in [1.807, 2.05) is 6.07 Å². The zero-order chi connectivity index (χ0) is 18.1. The van der Waals surface area contributed by atoms with Crippen LogP contribution in [0.2, 0.25) is 0 Å². The molecule has 1 aliphatic rings. The average Bonchev–Trinajstić information content (AvgIpc) is 3.27. The van der Waals surface area contributed by atoms with E-state index in [-0.39, 0.29) is 36.4 Å². The van der Waals surface area contributed by atoms with Gasteiger partial charge < -0.3 is 15.5 Å². The number of thioether (sulfide) groups is 1. The largest absolute Gasteiger partial charge is 0.356 e. The number of aromatic nitrogens is 2. The van der Waals surface area contributed by atoms with Crippen LogP contribution < -0.4 is 10.6 Å². The molecule has 0 radical (unpaired) electrons. The highest BCUT2D eigenvalue weighted by molar-refractivity contribution is 14.0. The van der Waals surface area contributed by atoms with E-state index >= 15 is 0 Å². The van der Waals surface area contributed by atoms with Crippen molar-refractivity contribution in [3.05, 3.63) is 18.0 Å². The van der Waals surface area contributed by atoms with Gasteiger partial charge in [0.05, 0.1) is 24.8 Å². The molecule has 148 valence electrons. The third-order valence-electron chi connectivity index (χ3n) is 4.27. The summed E-state index contributed by atoms with van der Waals surface area (Å²) >= 11 is 1.77. The number of carbonyl (C=O) groups excluding carboxylic acids is 1. The van der Waals surface area contributed by atoms with Crippen LogP contribution in [0.25, 0.3) is 0 Å². The Labute approximate surface area is 177 Å². The molecule has 0 spiro atoms. The Kier molecular flexibility index (Phi) is 11.0. The molecule has 1 heterocycles. The molecule has 1 aromatic heterocycles. The van der Waals surface area contributed by atoms with Gasteiger partial charge in [0.15, 0.2) is 5.96 Å². The monoisotopic (exact) mass is 494 g/mol. The van der Waals surface area contributed by atoms with E-state index in [0.29, 0.717) is 18.5 Å². The van der Waals surface area contributed by atoms with Gasteiger partial charge in [0.25, 0.3) is 0 Å². The van der Waals surface area contributed by atoms with Crippen molar-refractivity contribution < 1.29 is 4.79 Å². The minimum Gasteiger partial charge on any atom is -0.356 e. The number of nitrogens with zero attached hydrogens (tertiary/aromatic N) is 4. The molecule has 0 unspecified atom stereocenters. The van der Waals surface area contributed by atoms with Gasteiger partial charge in [0, 0.05) is 32.6 Å². The van der Waals surface area contributed by atoms with Crippen LogP contribution in [0.1, 0.15) is 37.4 Å².